The zero-order valence-corrected chi connectivity index (χ0v) is 75.6. The molecule has 3 fully saturated rings. The lowest BCUT2D eigenvalue weighted by Gasteiger charge is -2.47. The molecular formula is C102H123N11O17. The fourth-order valence-corrected chi connectivity index (χ4v) is 16.1. The summed E-state index contributed by atoms with van der Waals surface area (Å²) in [6, 6.07) is 71.6. The molecule has 28 heteroatoms. The van der Waals surface area contributed by atoms with Crippen molar-refractivity contribution in [2.45, 2.75) is 134 Å². The van der Waals surface area contributed by atoms with Gasteiger partial charge in [0.2, 0.25) is 41.4 Å². The second-order valence-corrected chi connectivity index (χ2v) is 32.0. The second kappa shape index (κ2) is 53.3. The number of ether oxygens (including phenoxy) is 5. The number of esters is 1. The van der Waals surface area contributed by atoms with E-state index in [0.717, 1.165) is 68.9 Å². The van der Waals surface area contributed by atoms with Gasteiger partial charge >= 0.3 is 5.97 Å². The van der Waals surface area contributed by atoms with Crippen molar-refractivity contribution in [3.63, 3.8) is 0 Å². The fourth-order valence-electron chi connectivity index (χ4n) is 16.1. The van der Waals surface area contributed by atoms with Gasteiger partial charge in [-0.25, -0.2) is 9.78 Å². The largest absolute Gasteiger partial charge is 0.492 e. The molecule has 7 aromatic carbocycles. The van der Waals surface area contributed by atoms with Crippen LogP contribution in [0.4, 0.5) is 17.1 Å². The number of anilines is 3. The maximum atomic E-state index is 14.2. The Balaban J connectivity index is 0.000000229. The minimum atomic E-state index is -1.20. The van der Waals surface area contributed by atoms with E-state index in [2.05, 4.69) is 101 Å². The molecule has 3 aliphatic rings. The molecule has 3 aliphatic heterocycles. The van der Waals surface area contributed by atoms with Crippen LogP contribution in [0, 0.1) is 18.8 Å². The van der Waals surface area contributed by atoms with E-state index in [1.807, 2.05) is 178 Å². The summed E-state index contributed by atoms with van der Waals surface area (Å²) in [5.74, 6) is 2.46. The molecular weight excluding hydrogens is 1650 g/mol. The molecule has 8 aromatic rings. The highest BCUT2D eigenvalue weighted by Crippen LogP contribution is 2.40. The average Bonchev–Trinajstić information content (AvgIpc) is 0.765. The van der Waals surface area contributed by atoms with Crippen LogP contribution in [-0.4, -0.2) is 239 Å². The van der Waals surface area contributed by atoms with Crippen molar-refractivity contribution in [2.24, 2.45) is 0 Å². The smallest absolute Gasteiger partial charge is 0.332 e. The van der Waals surface area contributed by atoms with E-state index < -0.39 is 78.6 Å². The first kappa shape index (κ1) is 101. The number of hydrogen-bond donors (Lipinski definition) is 4. The van der Waals surface area contributed by atoms with Gasteiger partial charge < -0.3 is 59.7 Å². The topological polar surface area (TPSA) is 331 Å². The molecule has 0 bridgehead atoms. The minimum Gasteiger partial charge on any atom is -0.492 e. The molecule has 28 nitrogen and oxygen atoms in total. The number of carbonyl (C=O) groups excluding carboxylic acids is 12. The SMILES string of the molecule is CCC(=O)N(c1ccccc1)C1(C(=O)CC(=O)COCC(=O)NCCOc2cccc(C#Cc3cccc(C)n3)c2)CCN(CCc2ccccc2)CC1.CCC(=O)N(c1ccccc1)C1(C(=O)CC(=O)COCC(=O)NCNC(=O)COCC(=O)NC)CCN(CCc2ccccc2)CC1.CCC(=O)N(c1ccccc1)C1(C(=O)OC)CCN(CCc2ccccc2)CC1. The molecule has 0 radical (unpaired) electrons. The summed E-state index contributed by atoms with van der Waals surface area (Å²) in [5, 5.41) is 9.88. The Morgan fingerprint density at radius 3 is 1.14 bits per heavy atom. The molecule has 4 heterocycles. The molecule has 1 aromatic heterocycles. The number of nitrogens with zero attached hydrogens (tertiary/aromatic N) is 7. The Morgan fingerprint density at radius 2 is 0.762 bits per heavy atom. The van der Waals surface area contributed by atoms with E-state index in [1.54, 1.807) is 40.7 Å². The highest BCUT2D eigenvalue weighted by molar-refractivity contribution is 6.12. The summed E-state index contributed by atoms with van der Waals surface area (Å²) >= 11 is 0. The number of rotatable bonds is 43. The van der Waals surface area contributed by atoms with Gasteiger partial charge in [0.1, 0.15) is 74.3 Å². The normalized spacial score (nSPS) is 14.4. The van der Waals surface area contributed by atoms with Crippen molar-refractivity contribution >= 4 is 87.5 Å². The van der Waals surface area contributed by atoms with Gasteiger partial charge in [-0.1, -0.05) is 184 Å². The van der Waals surface area contributed by atoms with E-state index in [-0.39, 0.29) is 93.6 Å². The van der Waals surface area contributed by atoms with Crippen LogP contribution in [-0.2, 0) is 95.7 Å². The summed E-state index contributed by atoms with van der Waals surface area (Å²) in [4.78, 5) is 171. The molecule has 0 atom stereocenters. The first-order chi connectivity index (χ1) is 63.0. The molecule has 0 saturated carbocycles. The number of ketones is 4. The van der Waals surface area contributed by atoms with Gasteiger partial charge in [-0.3, -0.25) is 67.4 Å². The van der Waals surface area contributed by atoms with Crippen molar-refractivity contribution in [1.29, 1.82) is 0 Å². The molecule has 4 N–H and O–H groups in total. The quantitative estimate of drug-likeness (QED) is 0.00907. The Bertz CT molecular complexity index is 5040. The maximum Gasteiger partial charge on any atom is 0.332 e. The summed E-state index contributed by atoms with van der Waals surface area (Å²) in [5.41, 5.74) is 4.80. The van der Waals surface area contributed by atoms with Crippen LogP contribution in [0.1, 0.15) is 125 Å². The van der Waals surface area contributed by atoms with Crippen molar-refractivity contribution in [3.8, 4) is 17.6 Å². The molecule has 0 aliphatic carbocycles. The lowest BCUT2D eigenvalue weighted by molar-refractivity contribution is -0.151. The number of carbonyl (C=O) groups is 12. The van der Waals surface area contributed by atoms with E-state index in [0.29, 0.717) is 93.9 Å². The minimum absolute atomic E-state index is 0.0562. The van der Waals surface area contributed by atoms with Gasteiger partial charge in [0.05, 0.1) is 33.2 Å². The fraction of sp³-hybridized carbons (Fsp3) is 0.402. The third kappa shape index (κ3) is 31.0. The van der Waals surface area contributed by atoms with E-state index in [4.69, 9.17) is 23.7 Å². The van der Waals surface area contributed by atoms with Crippen LogP contribution in [0.5, 0.6) is 5.75 Å². The van der Waals surface area contributed by atoms with Gasteiger partial charge in [-0.2, -0.15) is 0 Å². The molecule has 3 saturated heterocycles. The van der Waals surface area contributed by atoms with Crippen LogP contribution >= 0.6 is 0 Å². The number of para-hydroxylation sites is 3. The number of methoxy groups -OCH3 is 1. The Hall–Kier alpha value is -12.8. The standard InChI is InChI=1S/C44H48N4O6.C34H45N5O8.C24H30N2O3/c1-3-43(52)48(38-17-8-5-9-18-38)44(23-27-47(28-24-44)26-22-35-13-6-4-7-14-35)41(50)31-39(49)32-53-33-42(51)45-25-29-54-40-19-11-15-36(30-40)20-21-37-16-10-12-34(2)46-37;1-3-33(45)39(27-12-8-5-9-13-27)34(15-18-38(19-16-34)17-14-26-10-6-4-7-11-26)29(41)20-28(40)21-46-23-31(43)36-25-37-32(44)24-47-22-30(42)35-2;1-3-22(27)26(21-12-8-5-9-13-21)24(23(28)29-2)15-18-25(19-16-24)17-14-20-10-6-4-7-11-20/h4-19,30H,3,22-29,31-33H2,1-2H3,(H,45,51);4-13H,3,14-25H2,1-2H3,(H,35,42)(H,36,43)(H,37,44);4-13H,3,14-19H2,1-2H3. The van der Waals surface area contributed by atoms with Gasteiger partial charge in [0.25, 0.3) is 0 Å². The lowest BCUT2D eigenvalue weighted by Crippen LogP contribution is -2.62. The van der Waals surface area contributed by atoms with Gasteiger partial charge in [-0.15, -0.1) is 0 Å². The number of likely N-dealkylation sites (tertiary alicyclic amines) is 3. The molecule has 11 rings (SSSR count). The summed E-state index contributed by atoms with van der Waals surface area (Å²) in [7, 11) is 2.85. The number of aromatic nitrogens is 1. The Labute approximate surface area is 762 Å². The second-order valence-electron chi connectivity index (χ2n) is 32.0. The third-order valence-corrected chi connectivity index (χ3v) is 23.1. The number of pyridine rings is 1. The predicted octanol–water partition coefficient (Wildman–Crippen LogP) is 10.0. The Kier molecular flexibility index (Phi) is 41.4. The molecule has 688 valence electrons. The molecule has 130 heavy (non-hydrogen) atoms. The number of piperidine rings is 3. The summed E-state index contributed by atoms with van der Waals surface area (Å²) in [6.07, 6.45) is 5.31. The number of aryl methyl sites for hydroxylation is 1. The zero-order valence-electron chi connectivity index (χ0n) is 75.6. The highest BCUT2D eigenvalue weighted by Gasteiger charge is 2.52. The maximum absolute atomic E-state index is 14.2. The number of amides is 7. The number of benzene rings is 7. The number of likely N-dealkylation sites (N-methyl/N-ethyl adjacent to an activating group) is 1. The number of hydrogen-bond acceptors (Lipinski definition) is 21. The van der Waals surface area contributed by atoms with Crippen molar-refractivity contribution < 1.29 is 81.2 Å². The van der Waals surface area contributed by atoms with Crippen LogP contribution in [0.3, 0.4) is 0 Å². The van der Waals surface area contributed by atoms with Gasteiger partial charge in [0.15, 0.2) is 23.1 Å². The number of nitrogens with one attached hydrogen (secondary N) is 4. The van der Waals surface area contributed by atoms with Crippen molar-refractivity contribution in [3.05, 3.63) is 258 Å². The lowest BCUT2D eigenvalue weighted by atomic mass is 9.79. The van der Waals surface area contributed by atoms with Crippen molar-refractivity contribution in [1.82, 2.24) is 41.0 Å². The van der Waals surface area contributed by atoms with E-state index in [1.165, 1.54) is 30.8 Å². The van der Waals surface area contributed by atoms with Crippen LogP contribution in [0.2, 0.25) is 0 Å². The predicted molar refractivity (Wildman–Crippen MR) is 497 cm³/mol. The average molecular weight is 1780 g/mol. The summed E-state index contributed by atoms with van der Waals surface area (Å²) in [6.45, 7) is 11.7. The highest BCUT2D eigenvalue weighted by atomic mass is 16.5. The van der Waals surface area contributed by atoms with Gasteiger partial charge in [0, 0.05) is 114 Å². The monoisotopic (exact) mass is 1770 g/mol. The van der Waals surface area contributed by atoms with Crippen molar-refractivity contribution in [2.75, 3.05) is 147 Å². The van der Waals surface area contributed by atoms with E-state index in [9.17, 15) is 57.5 Å². The summed E-state index contributed by atoms with van der Waals surface area (Å²) < 4.78 is 26.6. The number of Topliss-reactive ketones (excluding diaryl/α,β-unsaturated/α-hetero) is 4. The zero-order chi connectivity index (χ0) is 92.9. The first-order valence-corrected chi connectivity index (χ1v) is 44.6. The third-order valence-electron chi connectivity index (χ3n) is 23.1. The molecule has 7 amide bonds. The molecule has 0 unspecified atom stereocenters. The first-order valence-electron chi connectivity index (χ1n) is 44.6. The van der Waals surface area contributed by atoms with Gasteiger partial charge in [-0.05, 0) is 154 Å². The Morgan fingerprint density at radius 1 is 0.408 bits per heavy atom. The van der Waals surface area contributed by atoms with Crippen LogP contribution < -0.4 is 40.7 Å². The van der Waals surface area contributed by atoms with E-state index >= 15 is 0 Å². The molecule has 0 spiro atoms. The van der Waals surface area contributed by atoms with Crippen LogP contribution in [0.15, 0.2) is 224 Å². The van der Waals surface area contributed by atoms with Crippen LogP contribution in [0.25, 0.3) is 0 Å².